The van der Waals surface area contributed by atoms with Gasteiger partial charge in [-0.15, -0.1) is 0 Å². The molecule has 2 heterocycles. The molecule has 12 heavy (non-hydrogen) atoms. The summed E-state index contributed by atoms with van der Waals surface area (Å²) < 4.78 is 4.74. The molecule has 2 rings (SSSR count). The number of carbonyl (C=O) groups excluding carboxylic acids is 2. The van der Waals surface area contributed by atoms with Crippen molar-refractivity contribution < 1.29 is 14.3 Å². The molecule has 1 N–H and O–H groups in total. The third-order valence-electron chi connectivity index (χ3n) is 1.83. The molecule has 1 atom stereocenters. The van der Waals surface area contributed by atoms with Crippen molar-refractivity contribution in [3.05, 3.63) is 0 Å². The van der Waals surface area contributed by atoms with Crippen molar-refractivity contribution in [1.82, 2.24) is 10.2 Å². The Balaban J connectivity index is 2.00. The van der Waals surface area contributed by atoms with Gasteiger partial charge in [0, 0.05) is 5.75 Å². The number of thioether (sulfide) groups is 1. The predicted molar refractivity (Wildman–Crippen MR) is 42.8 cm³/mol. The Bertz CT molecular complexity index is 233. The number of rotatable bonds is 1. The zero-order valence-corrected chi connectivity index (χ0v) is 7.10. The summed E-state index contributed by atoms with van der Waals surface area (Å²) in [7, 11) is 0. The summed E-state index contributed by atoms with van der Waals surface area (Å²) in [6.07, 6.45) is -0.500. The van der Waals surface area contributed by atoms with Crippen molar-refractivity contribution >= 4 is 23.1 Å². The molecule has 0 aromatic rings. The molecule has 0 saturated carbocycles. The van der Waals surface area contributed by atoms with Crippen molar-refractivity contribution in [2.45, 2.75) is 6.17 Å². The second-order valence-corrected chi connectivity index (χ2v) is 3.56. The molecule has 0 spiro atoms. The Hall–Kier alpha value is -0.910. The minimum Gasteiger partial charge on any atom is -0.447 e. The summed E-state index contributed by atoms with van der Waals surface area (Å²) >= 11 is 1.19. The standard InChI is InChI=1S/C6H8N2O3S/c9-5-7-4(3-12-5)8-1-2-11-6(8)10/h4H,1-3H2,(H,7,9). The summed E-state index contributed by atoms with van der Waals surface area (Å²) in [5, 5.41) is 2.61. The van der Waals surface area contributed by atoms with E-state index in [1.54, 1.807) is 0 Å². The van der Waals surface area contributed by atoms with Crippen LogP contribution in [0.25, 0.3) is 0 Å². The largest absolute Gasteiger partial charge is 0.447 e. The van der Waals surface area contributed by atoms with E-state index >= 15 is 0 Å². The molecule has 2 saturated heterocycles. The van der Waals surface area contributed by atoms with Crippen LogP contribution >= 0.6 is 11.8 Å². The fourth-order valence-corrected chi connectivity index (χ4v) is 2.02. The van der Waals surface area contributed by atoms with Crippen LogP contribution in [0.5, 0.6) is 0 Å². The molecule has 5 nitrogen and oxygen atoms in total. The first kappa shape index (κ1) is 7.72. The van der Waals surface area contributed by atoms with Gasteiger partial charge in [-0.3, -0.25) is 9.69 Å². The van der Waals surface area contributed by atoms with Crippen LogP contribution in [-0.2, 0) is 4.74 Å². The molecule has 66 valence electrons. The molecular formula is C6H8N2O3S. The van der Waals surface area contributed by atoms with Crippen LogP contribution in [0.4, 0.5) is 9.59 Å². The average molecular weight is 188 g/mol. The van der Waals surface area contributed by atoms with E-state index in [0.29, 0.717) is 18.9 Å². The van der Waals surface area contributed by atoms with Crippen molar-refractivity contribution in [2.75, 3.05) is 18.9 Å². The number of nitrogens with one attached hydrogen (secondary N) is 1. The van der Waals surface area contributed by atoms with Gasteiger partial charge in [-0.1, -0.05) is 11.8 Å². The molecule has 2 amide bonds. The monoisotopic (exact) mass is 188 g/mol. The number of cyclic esters (lactones) is 1. The zero-order chi connectivity index (χ0) is 8.55. The highest BCUT2D eigenvalue weighted by atomic mass is 32.2. The van der Waals surface area contributed by atoms with Crippen LogP contribution in [0.2, 0.25) is 0 Å². The quantitative estimate of drug-likeness (QED) is 0.639. The zero-order valence-electron chi connectivity index (χ0n) is 6.28. The van der Waals surface area contributed by atoms with E-state index in [9.17, 15) is 9.59 Å². The highest BCUT2D eigenvalue weighted by Crippen LogP contribution is 2.18. The molecule has 1 unspecified atom stereocenters. The molecular weight excluding hydrogens is 180 g/mol. The second kappa shape index (κ2) is 2.85. The molecule has 2 aliphatic rings. The van der Waals surface area contributed by atoms with Crippen LogP contribution in [0.15, 0.2) is 0 Å². The summed E-state index contributed by atoms with van der Waals surface area (Å²) in [6, 6.07) is 0. The first-order valence-corrected chi connectivity index (χ1v) is 4.62. The fraction of sp³-hybridized carbons (Fsp3) is 0.667. The van der Waals surface area contributed by atoms with E-state index in [1.807, 2.05) is 0 Å². The molecule has 6 heteroatoms. The molecule has 0 aliphatic carbocycles. The summed E-state index contributed by atoms with van der Waals surface area (Å²) in [4.78, 5) is 23.3. The lowest BCUT2D eigenvalue weighted by Crippen LogP contribution is -2.44. The highest BCUT2D eigenvalue weighted by Gasteiger charge is 2.34. The summed E-state index contributed by atoms with van der Waals surface area (Å²) in [5.41, 5.74) is 0. The number of amides is 2. The predicted octanol–water partition coefficient (Wildman–Crippen LogP) is 0.221. The maximum Gasteiger partial charge on any atom is 0.411 e. The van der Waals surface area contributed by atoms with Gasteiger partial charge in [-0.05, 0) is 0 Å². The number of carbonyl (C=O) groups is 2. The average Bonchev–Trinajstić information content (AvgIpc) is 2.58. The first-order valence-electron chi connectivity index (χ1n) is 3.64. The summed E-state index contributed by atoms with van der Waals surface area (Å²) in [6.45, 7) is 1.00. The minimum atomic E-state index is -0.331. The van der Waals surface area contributed by atoms with E-state index in [4.69, 9.17) is 4.74 Å². The molecule has 0 aromatic carbocycles. The van der Waals surface area contributed by atoms with Gasteiger partial charge >= 0.3 is 6.09 Å². The van der Waals surface area contributed by atoms with Crippen molar-refractivity contribution in [3.63, 3.8) is 0 Å². The third kappa shape index (κ3) is 1.22. The summed E-state index contributed by atoms with van der Waals surface area (Å²) in [5.74, 6) is 0.619. The highest BCUT2D eigenvalue weighted by molar-refractivity contribution is 8.13. The Morgan fingerprint density at radius 2 is 2.42 bits per heavy atom. The van der Waals surface area contributed by atoms with Gasteiger partial charge in [0.25, 0.3) is 5.24 Å². The maximum absolute atomic E-state index is 11.0. The normalized spacial score (nSPS) is 29.0. The van der Waals surface area contributed by atoms with Crippen molar-refractivity contribution in [1.29, 1.82) is 0 Å². The second-order valence-electron chi connectivity index (χ2n) is 2.57. The smallest absolute Gasteiger partial charge is 0.411 e. The van der Waals surface area contributed by atoms with Gasteiger partial charge in [0.2, 0.25) is 0 Å². The molecule has 0 radical (unpaired) electrons. The number of ether oxygens (including phenoxy) is 1. The lowest BCUT2D eigenvalue weighted by atomic mass is 10.5. The lowest BCUT2D eigenvalue weighted by molar-refractivity contribution is 0.148. The number of hydrogen-bond donors (Lipinski definition) is 1. The van der Waals surface area contributed by atoms with Crippen LogP contribution in [0, 0.1) is 0 Å². The van der Waals surface area contributed by atoms with Crippen LogP contribution in [-0.4, -0.2) is 41.3 Å². The minimum absolute atomic E-state index is 0.0697. The Kier molecular flexibility index (Phi) is 1.84. The number of hydrogen-bond acceptors (Lipinski definition) is 4. The number of nitrogens with zero attached hydrogens (tertiary/aromatic N) is 1. The maximum atomic E-state index is 11.0. The molecule has 0 bridgehead atoms. The molecule has 0 aromatic heterocycles. The van der Waals surface area contributed by atoms with Crippen molar-refractivity contribution in [2.24, 2.45) is 0 Å². The van der Waals surface area contributed by atoms with Crippen LogP contribution in [0.3, 0.4) is 0 Å². The van der Waals surface area contributed by atoms with Crippen LogP contribution < -0.4 is 5.32 Å². The van der Waals surface area contributed by atoms with Gasteiger partial charge in [-0.2, -0.15) is 0 Å². The van der Waals surface area contributed by atoms with Gasteiger partial charge in [0.05, 0.1) is 6.54 Å². The first-order chi connectivity index (χ1) is 5.77. The Morgan fingerprint density at radius 3 is 2.92 bits per heavy atom. The SMILES string of the molecule is O=C1NC(N2CCOC2=O)CS1. The Labute approximate surface area is 73.4 Å². The van der Waals surface area contributed by atoms with E-state index in [1.165, 1.54) is 16.7 Å². The topological polar surface area (TPSA) is 58.6 Å². The third-order valence-corrected chi connectivity index (χ3v) is 2.69. The van der Waals surface area contributed by atoms with Gasteiger partial charge < -0.3 is 10.1 Å². The van der Waals surface area contributed by atoms with Crippen LogP contribution in [0.1, 0.15) is 0 Å². The van der Waals surface area contributed by atoms with Gasteiger partial charge in [-0.25, -0.2) is 4.79 Å². The van der Waals surface area contributed by atoms with E-state index in [-0.39, 0.29) is 17.5 Å². The van der Waals surface area contributed by atoms with Gasteiger partial charge in [0.1, 0.15) is 12.8 Å². The molecule has 2 fully saturated rings. The Morgan fingerprint density at radius 1 is 1.58 bits per heavy atom. The lowest BCUT2D eigenvalue weighted by Gasteiger charge is -2.19. The van der Waals surface area contributed by atoms with Gasteiger partial charge in [0.15, 0.2) is 0 Å². The van der Waals surface area contributed by atoms with E-state index < -0.39 is 0 Å². The molecule has 2 aliphatic heterocycles. The van der Waals surface area contributed by atoms with Crippen molar-refractivity contribution in [3.8, 4) is 0 Å². The van der Waals surface area contributed by atoms with E-state index in [2.05, 4.69) is 5.32 Å². The fourth-order valence-electron chi connectivity index (χ4n) is 1.23. The van der Waals surface area contributed by atoms with E-state index in [0.717, 1.165) is 0 Å².